The molecule has 14 heteroatoms. The first kappa shape index (κ1) is 32.3. The summed E-state index contributed by atoms with van der Waals surface area (Å²) in [5, 5.41) is 13.4. The van der Waals surface area contributed by atoms with Crippen molar-refractivity contribution in [3.8, 4) is 34.0 Å². The highest BCUT2D eigenvalue weighted by molar-refractivity contribution is 5.95. The van der Waals surface area contributed by atoms with Crippen LogP contribution in [0, 0.1) is 5.82 Å². The molecule has 2 aromatic carbocycles. The molecule has 10 nitrogen and oxygen atoms in total. The molecule has 1 fully saturated rings. The van der Waals surface area contributed by atoms with Crippen molar-refractivity contribution < 1.29 is 41.7 Å². The molecule has 1 aliphatic carbocycles. The highest BCUT2D eigenvalue weighted by Gasteiger charge is 2.56. The van der Waals surface area contributed by atoms with Gasteiger partial charge in [0, 0.05) is 28.5 Å². The topological polar surface area (TPSA) is 150 Å². The van der Waals surface area contributed by atoms with Crippen LogP contribution in [0.1, 0.15) is 41.4 Å². The lowest BCUT2D eigenvalue weighted by molar-refractivity contribution is -0.265. The number of halogens is 4. The molecule has 0 unspecified atom stereocenters. The van der Waals surface area contributed by atoms with Gasteiger partial charge in [-0.3, -0.25) is 9.59 Å². The third-order valence-corrected chi connectivity index (χ3v) is 7.14. The Balaban J connectivity index is 1.52. The van der Waals surface area contributed by atoms with Gasteiger partial charge in [-0.05, 0) is 74.4 Å². The number of aromatic nitrogens is 3. The van der Waals surface area contributed by atoms with Gasteiger partial charge in [0.1, 0.15) is 29.3 Å². The van der Waals surface area contributed by atoms with E-state index in [1.54, 1.807) is 19.1 Å². The van der Waals surface area contributed by atoms with Crippen molar-refractivity contribution in [1.82, 2.24) is 20.3 Å². The highest BCUT2D eigenvalue weighted by Crippen LogP contribution is 2.42. The normalized spacial score (nSPS) is 14.3. The number of nitrogens with one attached hydrogen (secondary N) is 1. The van der Waals surface area contributed by atoms with E-state index in [4.69, 9.17) is 15.2 Å². The summed E-state index contributed by atoms with van der Waals surface area (Å²) >= 11 is 0. The van der Waals surface area contributed by atoms with Gasteiger partial charge < -0.3 is 25.6 Å². The third kappa shape index (κ3) is 7.07. The van der Waals surface area contributed by atoms with Gasteiger partial charge in [-0.15, -0.1) is 0 Å². The van der Waals surface area contributed by atoms with Gasteiger partial charge in [-0.2, -0.15) is 13.2 Å². The number of nitrogens with two attached hydrogens (primary N) is 1. The number of pyridine rings is 1. The number of carbonyl (C=O) groups is 2. The Hall–Kier alpha value is -5.11. The number of aliphatic hydroxyl groups is 1. The molecule has 0 aliphatic heterocycles. The number of carbonyl (C=O) groups excluding carboxylic acids is 2. The van der Waals surface area contributed by atoms with Crippen molar-refractivity contribution in [2.24, 2.45) is 5.73 Å². The number of hydrogen-bond acceptors (Lipinski definition) is 8. The first-order valence-electron chi connectivity index (χ1n) is 14.3. The molecular formula is C32H29F4N5O5. The molecule has 0 radical (unpaired) electrons. The van der Waals surface area contributed by atoms with E-state index < -0.39 is 48.1 Å². The summed E-state index contributed by atoms with van der Waals surface area (Å²) in [6.07, 6.45) is -1.48. The number of primary amides is 1. The van der Waals surface area contributed by atoms with Crippen molar-refractivity contribution in [1.29, 1.82) is 0 Å². The van der Waals surface area contributed by atoms with E-state index >= 15 is 0 Å². The van der Waals surface area contributed by atoms with E-state index in [-0.39, 0.29) is 40.8 Å². The second-order valence-electron chi connectivity index (χ2n) is 10.6. The zero-order valence-electron chi connectivity index (χ0n) is 24.5. The van der Waals surface area contributed by atoms with Gasteiger partial charge >= 0.3 is 6.18 Å². The van der Waals surface area contributed by atoms with E-state index in [0.717, 1.165) is 31.0 Å². The molecule has 2 heterocycles. The molecule has 0 saturated heterocycles. The van der Waals surface area contributed by atoms with Crippen LogP contribution >= 0.6 is 0 Å². The minimum atomic E-state index is -5.36. The van der Waals surface area contributed by atoms with Crippen LogP contribution in [0.5, 0.6) is 11.5 Å². The SMILES string of the molecule is CCOc1c(CC(N)=O)cc([C@@](O)(CNC(=O)c2ccc(-c3ccncn3)c(OC3CC3)c2)C(F)(F)F)nc1-c1ccc(F)cc1. The predicted octanol–water partition coefficient (Wildman–Crippen LogP) is 4.49. The first-order valence-corrected chi connectivity index (χ1v) is 14.3. The maximum Gasteiger partial charge on any atom is 0.424 e. The average molecular weight is 640 g/mol. The molecule has 2 aromatic heterocycles. The van der Waals surface area contributed by atoms with Crippen LogP contribution in [-0.2, 0) is 16.8 Å². The number of rotatable bonds is 12. The molecule has 1 saturated carbocycles. The van der Waals surface area contributed by atoms with Crippen LogP contribution in [0.25, 0.3) is 22.5 Å². The molecule has 5 rings (SSSR count). The monoisotopic (exact) mass is 639 g/mol. The van der Waals surface area contributed by atoms with Gasteiger partial charge in [0.05, 0.1) is 37.1 Å². The van der Waals surface area contributed by atoms with Crippen LogP contribution in [0.2, 0.25) is 0 Å². The summed E-state index contributed by atoms with van der Waals surface area (Å²) in [6, 6.07) is 11.5. The molecule has 46 heavy (non-hydrogen) atoms. The molecule has 1 aliphatic rings. The maximum absolute atomic E-state index is 14.7. The summed E-state index contributed by atoms with van der Waals surface area (Å²) < 4.78 is 69.3. The zero-order valence-corrected chi connectivity index (χ0v) is 24.5. The largest absolute Gasteiger partial charge is 0.491 e. The smallest absolute Gasteiger partial charge is 0.424 e. The summed E-state index contributed by atoms with van der Waals surface area (Å²) in [5.74, 6) is -2.17. The van der Waals surface area contributed by atoms with Crippen molar-refractivity contribution in [3.63, 3.8) is 0 Å². The summed E-state index contributed by atoms with van der Waals surface area (Å²) in [4.78, 5) is 37.3. The Morgan fingerprint density at radius 2 is 1.83 bits per heavy atom. The molecule has 4 N–H and O–H groups in total. The lowest BCUT2D eigenvalue weighted by Crippen LogP contribution is -2.51. The summed E-state index contributed by atoms with van der Waals surface area (Å²) in [7, 11) is 0. The van der Waals surface area contributed by atoms with Crippen molar-refractivity contribution in [3.05, 3.63) is 89.8 Å². The zero-order chi connectivity index (χ0) is 33.1. The van der Waals surface area contributed by atoms with Crippen LogP contribution in [0.3, 0.4) is 0 Å². The van der Waals surface area contributed by atoms with Gasteiger partial charge in [0.25, 0.3) is 5.91 Å². The predicted molar refractivity (Wildman–Crippen MR) is 157 cm³/mol. The molecule has 2 amide bonds. The minimum absolute atomic E-state index is 0.0287. The highest BCUT2D eigenvalue weighted by atomic mass is 19.4. The number of alkyl halides is 3. The second-order valence-corrected chi connectivity index (χ2v) is 10.6. The Labute approximate surface area is 260 Å². The van der Waals surface area contributed by atoms with Crippen molar-refractivity contribution in [2.45, 2.75) is 44.1 Å². The van der Waals surface area contributed by atoms with Crippen LogP contribution < -0.4 is 20.5 Å². The lowest BCUT2D eigenvalue weighted by atomic mass is 9.93. The number of nitrogens with zero attached hydrogens (tertiary/aromatic N) is 3. The minimum Gasteiger partial charge on any atom is -0.491 e. The van der Waals surface area contributed by atoms with Crippen molar-refractivity contribution in [2.75, 3.05) is 13.2 Å². The number of amides is 2. The van der Waals surface area contributed by atoms with E-state index in [2.05, 4.69) is 20.3 Å². The molecule has 240 valence electrons. The molecule has 0 spiro atoms. The lowest BCUT2D eigenvalue weighted by Gasteiger charge is -2.31. The van der Waals surface area contributed by atoms with E-state index in [9.17, 15) is 32.3 Å². The standard InChI is InChI=1S/C32H29F4N5O5/c1-2-45-29-20(15-27(37)42)14-26(41-28(29)18-3-6-21(33)7-4-18)31(44,32(34,35)36)16-39-30(43)19-5-10-23(24-11-12-38-17-40-24)25(13-19)46-22-8-9-22/h3-7,10-14,17,22,44H,2,8-9,15-16H2,1H3,(H2,37,42)(H,39,43)/t31-/m0/s1. The fraction of sp³-hybridized carbons (Fsp3) is 0.281. The maximum atomic E-state index is 14.7. The molecular weight excluding hydrogens is 610 g/mol. The molecule has 4 aromatic rings. The Kier molecular flexibility index (Phi) is 9.19. The second kappa shape index (κ2) is 13.1. The molecule has 1 atom stereocenters. The van der Waals surface area contributed by atoms with Gasteiger partial charge in [-0.25, -0.2) is 19.3 Å². The van der Waals surface area contributed by atoms with Crippen LogP contribution in [0.15, 0.2) is 67.1 Å². The molecule has 0 bridgehead atoms. The van der Waals surface area contributed by atoms with Gasteiger partial charge in [0.2, 0.25) is 11.5 Å². The quantitative estimate of drug-likeness (QED) is 0.192. The summed E-state index contributed by atoms with van der Waals surface area (Å²) in [5.41, 5.74) is 1.64. The van der Waals surface area contributed by atoms with E-state index in [0.29, 0.717) is 17.0 Å². The average Bonchev–Trinajstić information content (AvgIpc) is 3.84. The van der Waals surface area contributed by atoms with E-state index in [1.807, 2.05) is 0 Å². The summed E-state index contributed by atoms with van der Waals surface area (Å²) in [6.45, 7) is 0.309. The van der Waals surface area contributed by atoms with Crippen LogP contribution in [-0.4, -0.2) is 57.3 Å². The van der Waals surface area contributed by atoms with Gasteiger partial charge in [-0.1, -0.05) is 0 Å². The third-order valence-electron chi connectivity index (χ3n) is 7.14. The number of benzene rings is 2. The Morgan fingerprint density at radius 3 is 2.43 bits per heavy atom. The fourth-order valence-corrected chi connectivity index (χ4v) is 4.66. The van der Waals surface area contributed by atoms with Gasteiger partial charge in [0.15, 0.2) is 0 Å². The number of ether oxygens (including phenoxy) is 2. The fourth-order valence-electron chi connectivity index (χ4n) is 4.66. The van der Waals surface area contributed by atoms with E-state index in [1.165, 1.54) is 36.8 Å². The van der Waals surface area contributed by atoms with Crippen LogP contribution in [0.4, 0.5) is 17.6 Å². The first-order chi connectivity index (χ1) is 21.9. The number of hydrogen-bond donors (Lipinski definition) is 3. The Morgan fingerprint density at radius 1 is 1.09 bits per heavy atom. The van der Waals surface area contributed by atoms with Crippen molar-refractivity contribution >= 4 is 11.8 Å². The Bertz CT molecular complexity index is 1730.